The van der Waals surface area contributed by atoms with E-state index >= 15 is 0 Å². The van der Waals surface area contributed by atoms with E-state index < -0.39 is 5.97 Å². The van der Waals surface area contributed by atoms with Crippen LogP contribution in [0, 0.1) is 0 Å². The van der Waals surface area contributed by atoms with E-state index in [1.165, 1.54) is 0 Å². The van der Waals surface area contributed by atoms with E-state index in [-0.39, 0.29) is 5.57 Å². The molecule has 0 aliphatic carbocycles. The van der Waals surface area contributed by atoms with Crippen molar-refractivity contribution in [3.63, 3.8) is 0 Å². The van der Waals surface area contributed by atoms with Gasteiger partial charge < -0.3 is 4.74 Å². The molecule has 0 bridgehead atoms. The molecule has 0 amide bonds. The first kappa shape index (κ1) is 14.5. The number of para-hydroxylation sites is 1. The zero-order valence-corrected chi connectivity index (χ0v) is 11.5. The van der Waals surface area contributed by atoms with Crippen molar-refractivity contribution in [2.75, 3.05) is 0 Å². The van der Waals surface area contributed by atoms with Crippen molar-refractivity contribution in [1.82, 2.24) is 4.98 Å². The summed E-state index contributed by atoms with van der Waals surface area (Å²) in [6, 6.07) is 14.6. The normalized spacial score (nSPS) is 10.9. The largest absolute Gasteiger partial charge is 0.423 e. The molecule has 0 saturated heterocycles. The third kappa shape index (κ3) is 4.91. The van der Waals surface area contributed by atoms with Gasteiger partial charge in [-0.15, -0.1) is 0 Å². The second kappa shape index (κ2) is 7.60. The summed E-state index contributed by atoms with van der Waals surface area (Å²) in [4.78, 5) is 15.9. The molecule has 1 heterocycles. The molecule has 0 saturated carbocycles. The third-order valence-corrected chi connectivity index (χ3v) is 2.58. The van der Waals surface area contributed by atoms with Crippen LogP contribution in [0.25, 0.3) is 6.08 Å². The maximum absolute atomic E-state index is 11.8. The quantitative estimate of drug-likeness (QED) is 0.361. The fraction of sp³-hybridized carbons (Fsp3) is 0. The van der Waals surface area contributed by atoms with Gasteiger partial charge >= 0.3 is 5.97 Å². The maximum Gasteiger partial charge on any atom is 0.342 e. The Morgan fingerprint density at radius 1 is 1.05 bits per heavy atom. The summed E-state index contributed by atoms with van der Waals surface area (Å²) in [6.07, 6.45) is 8.68. The van der Waals surface area contributed by atoms with Crippen LogP contribution in [-0.2, 0) is 4.79 Å². The second-order valence-electron chi connectivity index (χ2n) is 4.20. The van der Waals surface area contributed by atoms with Crippen LogP contribution in [0.5, 0.6) is 5.75 Å². The van der Waals surface area contributed by atoms with Crippen molar-refractivity contribution in [2.24, 2.45) is 0 Å². The molecule has 104 valence electrons. The molecule has 2 aromatic rings. The summed E-state index contributed by atoms with van der Waals surface area (Å²) in [5, 5.41) is 0. The first-order chi connectivity index (χ1) is 10.3. The van der Waals surface area contributed by atoms with Crippen molar-refractivity contribution < 1.29 is 9.53 Å². The van der Waals surface area contributed by atoms with Gasteiger partial charge in [-0.25, -0.2) is 4.79 Å². The van der Waals surface area contributed by atoms with Crippen molar-refractivity contribution >= 4 is 12.0 Å². The molecule has 1 aromatic heterocycles. The lowest BCUT2D eigenvalue weighted by atomic mass is 10.2. The number of ether oxygens (including phenoxy) is 1. The Balaban J connectivity index is 1.87. The minimum absolute atomic E-state index is 0.282. The highest BCUT2D eigenvalue weighted by Gasteiger charge is 2.05. The molecule has 0 aliphatic rings. The number of pyridine rings is 1. The monoisotopic (exact) mass is 277 g/mol. The predicted molar refractivity (Wildman–Crippen MR) is 83.6 cm³/mol. The number of hydrogen-bond donors (Lipinski definition) is 0. The number of esters is 1. The van der Waals surface area contributed by atoms with Gasteiger partial charge in [0, 0.05) is 6.20 Å². The van der Waals surface area contributed by atoms with Crippen LogP contribution in [0.1, 0.15) is 5.69 Å². The molecular formula is C18H15NO2. The van der Waals surface area contributed by atoms with E-state index in [1.807, 2.05) is 30.3 Å². The number of carbonyl (C=O) groups is 1. The van der Waals surface area contributed by atoms with E-state index in [0.717, 1.165) is 5.69 Å². The number of aromatic nitrogens is 1. The van der Waals surface area contributed by atoms with Gasteiger partial charge in [-0.05, 0) is 36.4 Å². The molecule has 0 fully saturated rings. The van der Waals surface area contributed by atoms with Gasteiger partial charge in [-0.3, -0.25) is 4.98 Å². The Morgan fingerprint density at radius 3 is 2.52 bits per heavy atom. The molecule has 0 unspecified atom stereocenters. The molecule has 2 rings (SSSR count). The summed E-state index contributed by atoms with van der Waals surface area (Å²) in [5.41, 5.74) is 1.13. The van der Waals surface area contributed by atoms with Crippen molar-refractivity contribution in [3.05, 3.63) is 90.8 Å². The lowest BCUT2D eigenvalue weighted by Crippen LogP contribution is -2.08. The van der Waals surface area contributed by atoms with Crippen LogP contribution < -0.4 is 4.74 Å². The van der Waals surface area contributed by atoms with Crippen molar-refractivity contribution in [1.29, 1.82) is 0 Å². The number of nitrogens with zero attached hydrogens (tertiary/aromatic N) is 1. The number of carbonyl (C=O) groups excluding carboxylic acids is 1. The lowest BCUT2D eigenvalue weighted by molar-refractivity contribution is -0.129. The Labute approximate surface area is 123 Å². The summed E-state index contributed by atoms with van der Waals surface area (Å²) >= 11 is 0. The average Bonchev–Trinajstić information content (AvgIpc) is 2.53. The zero-order chi connectivity index (χ0) is 14.9. The highest BCUT2D eigenvalue weighted by atomic mass is 16.5. The number of benzene rings is 1. The maximum atomic E-state index is 11.8. The lowest BCUT2D eigenvalue weighted by Gasteiger charge is -2.02. The van der Waals surface area contributed by atoms with E-state index in [4.69, 9.17) is 4.74 Å². The minimum atomic E-state index is -0.469. The fourth-order valence-electron chi connectivity index (χ4n) is 1.53. The number of rotatable bonds is 5. The van der Waals surface area contributed by atoms with E-state index in [9.17, 15) is 4.79 Å². The summed E-state index contributed by atoms with van der Waals surface area (Å²) < 4.78 is 5.17. The summed E-state index contributed by atoms with van der Waals surface area (Å²) in [5.74, 6) is 0.0322. The Bertz CT molecular complexity index is 658. The molecule has 3 nitrogen and oxygen atoms in total. The highest BCUT2D eigenvalue weighted by Crippen LogP contribution is 2.10. The molecule has 3 heteroatoms. The second-order valence-corrected chi connectivity index (χ2v) is 4.20. The van der Waals surface area contributed by atoms with Gasteiger partial charge in [0.05, 0.1) is 11.3 Å². The van der Waals surface area contributed by atoms with Crippen molar-refractivity contribution in [3.8, 4) is 5.75 Å². The van der Waals surface area contributed by atoms with Crippen molar-refractivity contribution in [2.45, 2.75) is 0 Å². The smallest absolute Gasteiger partial charge is 0.342 e. The Morgan fingerprint density at radius 2 is 1.81 bits per heavy atom. The van der Waals surface area contributed by atoms with Gasteiger partial charge in [-0.1, -0.05) is 43.0 Å². The summed E-state index contributed by atoms with van der Waals surface area (Å²) in [6.45, 7) is 3.68. The van der Waals surface area contributed by atoms with Gasteiger partial charge in [0.15, 0.2) is 0 Å². The van der Waals surface area contributed by atoms with Gasteiger partial charge in [-0.2, -0.15) is 0 Å². The van der Waals surface area contributed by atoms with Gasteiger partial charge in [0.1, 0.15) is 5.75 Å². The van der Waals surface area contributed by atoms with Gasteiger partial charge in [0.25, 0.3) is 0 Å². The Hall–Kier alpha value is -2.94. The molecule has 1 aromatic carbocycles. The van der Waals surface area contributed by atoms with Gasteiger partial charge in [0.2, 0.25) is 0 Å². The van der Waals surface area contributed by atoms with Crippen LogP contribution >= 0.6 is 0 Å². The first-order valence-electron chi connectivity index (χ1n) is 6.47. The molecule has 0 spiro atoms. The highest BCUT2D eigenvalue weighted by molar-refractivity contribution is 5.92. The molecule has 0 atom stereocenters. The third-order valence-electron chi connectivity index (χ3n) is 2.58. The summed E-state index contributed by atoms with van der Waals surface area (Å²) in [7, 11) is 0. The molecule has 21 heavy (non-hydrogen) atoms. The van der Waals surface area contributed by atoms with Crippen LogP contribution in [-0.4, -0.2) is 11.0 Å². The standard InChI is InChI=1S/C18H15NO2/c1-15(18(20)21-17-12-3-2-4-13-17)9-5-6-10-16-11-7-8-14-19-16/h2-14H,1H2/b9-5?,10-6+. The minimum Gasteiger partial charge on any atom is -0.423 e. The average molecular weight is 277 g/mol. The van der Waals surface area contributed by atoms with Crippen LogP contribution in [0.4, 0.5) is 0 Å². The molecule has 0 N–H and O–H groups in total. The first-order valence-corrected chi connectivity index (χ1v) is 6.47. The van der Waals surface area contributed by atoms with E-state index in [0.29, 0.717) is 5.75 Å². The van der Waals surface area contributed by atoms with Crippen LogP contribution in [0.2, 0.25) is 0 Å². The zero-order valence-electron chi connectivity index (χ0n) is 11.5. The van der Waals surface area contributed by atoms with E-state index in [1.54, 1.807) is 48.7 Å². The molecule has 0 radical (unpaired) electrons. The van der Waals surface area contributed by atoms with E-state index in [2.05, 4.69) is 11.6 Å². The fourth-order valence-corrected chi connectivity index (χ4v) is 1.53. The molecule has 0 aliphatic heterocycles. The Kier molecular flexibility index (Phi) is 5.24. The topological polar surface area (TPSA) is 39.2 Å². The molecular weight excluding hydrogens is 262 g/mol. The number of hydrogen-bond acceptors (Lipinski definition) is 3. The van der Waals surface area contributed by atoms with Crippen LogP contribution in [0.15, 0.2) is 85.1 Å². The number of allylic oxidation sites excluding steroid dienone is 2. The SMILES string of the molecule is C=C(C=C/C=C/c1ccccn1)C(=O)Oc1ccccc1. The van der Waals surface area contributed by atoms with Crippen LogP contribution in [0.3, 0.4) is 0 Å². The predicted octanol–water partition coefficient (Wildman–Crippen LogP) is 3.81.